The van der Waals surface area contributed by atoms with Crippen LogP contribution in [0, 0.1) is 0 Å². The number of hydrogen-bond donors (Lipinski definition) is 1. The molecule has 0 aliphatic carbocycles. The van der Waals surface area contributed by atoms with Crippen molar-refractivity contribution in [3.8, 4) is 11.3 Å². The van der Waals surface area contributed by atoms with Crippen molar-refractivity contribution in [2.24, 2.45) is 0 Å². The summed E-state index contributed by atoms with van der Waals surface area (Å²) in [4.78, 5) is 15.0. The lowest BCUT2D eigenvalue weighted by molar-refractivity contribution is -0.138. The standard InChI is InChI=1S/C13H5Cl3F3NO2/c14-5-3-7(15)10(8(16)4-5)11-9(12(21)22)6(1-2-20-11)13(17,18)19/h1-4H,(H,21,22). The lowest BCUT2D eigenvalue weighted by atomic mass is 10.0. The van der Waals surface area contributed by atoms with Crippen molar-refractivity contribution in [1.29, 1.82) is 0 Å². The van der Waals surface area contributed by atoms with E-state index in [2.05, 4.69) is 4.98 Å². The largest absolute Gasteiger partial charge is 0.478 e. The molecule has 0 atom stereocenters. The Hall–Kier alpha value is -1.50. The number of carboxylic acids is 1. The van der Waals surface area contributed by atoms with Gasteiger partial charge in [-0.2, -0.15) is 13.2 Å². The smallest absolute Gasteiger partial charge is 0.417 e. The number of alkyl halides is 3. The monoisotopic (exact) mass is 369 g/mol. The van der Waals surface area contributed by atoms with E-state index in [0.717, 1.165) is 6.20 Å². The van der Waals surface area contributed by atoms with Gasteiger partial charge in [0.2, 0.25) is 0 Å². The van der Waals surface area contributed by atoms with Gasteiger partial charge in [0.15, 0.2) is 0 Å². The van der Waals surface area contributed by atoms with Crippen LogP contribution in [-0.2, 0) is 6.18 Å². The van der Waals surface area contributed by atoms with Gasteiger partial charge in [-0.3, -0.25) is 4.98 Å². The van der Waals surface area contributed by atoms with Crippen molar-refractivity contribution in [3.05, 3.63) is 50.6 Å². The molecule has 0 spiro atoms. The molecule has 1 heterocycles. The summed E-state index contributed by atoms with van der Waals surface area (Å²) in [6.45, 7) is 0. The Bertz CT molecular complexity index is 740. The minimum absolute atomic E-state index is 0.105. The van der Waals surface area contributed by atoms with Crippen LogP contribution < -0.4 is 0 Å². The number of halogens is 6. The number of benzene rings is 1. The first-order valence-electron chi connectivity index (χ1n) is 5.57. The van der Waals surface area contributed by atoms with Crippen molar-refractivity contribution in [3.63, 3.8) is 0 Å². The molecule has 2 rings (SSSR count). The van der Waals surface area contributed by atoms with E-state index in [4.69, 9.17) is 39.9 Å². The van der Waals surface area contributed by atoms with Crippen LogP contribution in [0.4, 0.5) is 13.2 Å². The van der Waals surface area contributed by atoms with E-state index in [9.17, 15) is 18.0 Å². The second-order valence-corrected chi connectivity index (χ2v) is 5.38. The van der Waals surface area contributed by atoms with E-state index in [-0.39, 0.29) is 20.6 Å². The molecule has 2 aromatic rings. The van der Waals surface area contributed by atoms with Gasteiger partial charge in [-0.15, -0.1) is 0 Å². The third-order valence-electron chi connectivity index (χ3n) is 2.71. The Morgan fingerprint density at radius 2 is 1.68 bits per heavy atom. The minimum atomic E-state index is -4.86. The number of hydrogen-bond acceptors (Lipinski definition) is 2. The first-order chi connectivity index (χ1) is 10.1. The predicted octanol–water partition coefficient (Wildman–Crippen LogP) is 5.43. The number of carbonyl (C=O) groups is 1. The van der Waals surface area contributed by atoms with Gasteiger partial charge in [0, 0.05) is 16.8 Å². The highest BCUT2D eigenvalue weighted by Gasteiger charge is 2.37. The summed E-state index contributed by atoms with van der Waals surface area (Å²) in [5.41, 5.74) is -2.97. The number of rotatable bonds is 2. The van der Waals surface area contributed by atoms with Crippen molar-refractivity contribution < 1.29 is 23.1 Å². The first kappa shape index (κ1) is 16.9. The van der Waals surface area contributed by atoms with E-state index < -0.39 is 29.0 Å². The molecule has 0 bridgehead atoms. The Balaban J connectivity index is 2.86. The summed E-state index contributed by atoms with van der Waals surface area (Å²) in [6, 6.07) is 3.04. The van der Waals surface area contributed by atoms with Gasteiger partial charge in [0.25, 0.3) is 0 Å². The molecule has 1 N–H and O–H groups in total. The summed E-state index contributed by atoms with van der Waals surface area (Å²) in [7, 11) is 0. The average molecular weight is 371 g/mol. The molecule has 0 saturated heterocycles. The van der Waals surface area contributed by atoms with E-state index in [1.54, 1.807) is 0 Å². The first-order valence-corrected chi connectivity index (χ1v) is 6.70. The lowest BCUT2D eigenvalue weighted by Gasteiger charge is -2.15. The fourth-order valence-corrected chi connectivity index (χ4v) is 2.87. The Morgan fingerprint density at radius 1 is 1.14 bits per heavy atom. The fourth-order valence-electron chi connectivity index (χ4n) is 1.87. The molecule has 0 radical (unpaired) electrons. The molecule has 0 saturated carbocycles. The van der Waals surface area contributed by atoms with Crippen molar-refractivity contribution >= 4 is 40.8 Å². The number of aromatic nitrogens is 1. The highest BCUT2D eigenvalue weighted by atomic mass is 35.5. The van der Waals surface area contributed by atoms with E-state index in [1.807, 2.05) is 0 Å². The molecule has 116 valence electrons. The number of aromatic carboxylic acids is 1. The van der Waals surface area contributed by atoms with Gasteiger partial charge in [-0.25, -0.2) is 4.79 Å². The number of nitrogens with zero attached hydrogens (tertiary/aromatic N) is 1. The maximum atomic E-state index is 13.0. The van der Waals surface area contributed by atoms with Crippen LogP contribution in [0.25, 0.3) is 11.3 Å². The average Bonchev–Trinajstić information content (AvgIpc) is 2.35. The molecule has 1 aromatic heterocycles. The summed E-state index contributed by atoms with van der Waals surface area (Å²) in [5, 5.41) is 9.10. The van der Waals surface area contributed by atoms with Crippen LogP contribution in [-0.4, -0.2) is 16.1 Å². The van der Waals surface area contributed by atoms with Crippen LogP contribution >= 0.6 is 34.8 Å². The van der Waals surface area contributed by atoms with Crippen molar-refractivity contribution in [1.82, 2.24) is 4.98 Å². The lowest BCUT2D eigenvalue weighted by Crippen LogP contribution is -2.15. The second-order valence-electron chi connectivity index (χ2n) is 4.13. The molecule has 0 aliphatic heterocycles. The van der Waals surface area contributed by atoms with Crippen molar-refractivity contribution in [2.75, 3.05) is 0 Å². The van der Waals surface area contributed by atoms with Crippen LogP contribution in [0.5, 0.6) is 0 Å². The quantitative estimate of drug-likeness (QED) is 0.767. The zero-order chi connectivity index (χ0) is 16.7. The number of carboxylic acid groups (broad SMARTS) is 1. The highest BCUT2D eigenvalue weighted by Crippen LogP contribution is 2.41. The van der Waals surface area contributed by atoms with E-state index in [0.29, 0.717) is 6.07 Å². The molecule has 0 aliphatic rings. The summed E-state index contributed by atoms with van der Waals surface area (Å²) < 4.78 is 39.0. The molecular formula is C13H5Cl3F3NO2. The van der Waals surface area contributed by atoms with Gasteiger partial charge >= 0.3 is 12.1 Å². The zero-order valence-corrected chi connectivity index (χ0v) is 12.6. The maximum absolute atomic E-state index is 13.0. The van der Waals surface area contributed by atoms with Gasteiger partial charge in [0.05, 0.1) is 26.9 Å². The van der Waals surface area contributed by atoms with Gasteiger partial charge in [-0.05, 0) is 18.2 Å². The Labute approximate surface area is 137 Å². The normalized spacial score (nSPS) is 11.5. The number of pyridine rings is 1. The zero-order valence-electron chi connectivity index (χ0n) is 10.4. The molecule has 1 aromatic carbocycles. The molecule has 0 unspecified atom stereocenters. The van der Waals surface area contributed by atoms with Crippen LogP contribution in [0.15, 0.2) is 24.4 Å². The second kappa shape index (κ2) is 5.95. The van der Waals surface area contributed by atoms with Crippen LogP contribution in [0.2, 0.25) is 15.1 Å². The SMILES string of the molecule is O=C(O)c1c(C(F)(F)F)ccnc1-c1c(Cl)cc(Cl)cc1Cl. The molecular weight excluding hydrogens is 366 g/mol. The fraction of sp³-hybridized carbons (Fsp3) is 0.0769. The highest BCUT2D eigenvalue weighted by molar-refractivity contribution is 6.42. The molecule has 22 heavy (non-hydrogen) atoms. The summed E-state index contributed by atoms with van der Waals surface area (Å²) >= 11 is 17.6. The minimum Gasteiger partial charge on any atom is -0.478 e. The van der Waals surface area contributed by atoms with Gasteiger partial charge < -0.3 is 5.11 Å². The Morgan fingerprint density at radius 3 is 2.14 bits per heavy atom. The third kappa shape index (κ3) is 3.14. The maximum Gasteiger partial charge on any atom is 0.417 e. The van der Waals surface area contributed by atoms with Gasteiger partial charge in [0.1, 0.15) is 0 Å². The van der Waals surface area contributed by atoms with E-state index >= 15 is 0 Å². The predicted molar refractivity (Wildman–Crippen MR) is 76.7 cm³/mol. The molecule has 3 nitrogen and oxygen atoms in total. The molecule has 0 amide bonds. The molecule has 9 heteroatoms. The van der Waals surface area contributed by atoms with Crippen molar-refractivity contribution in [2.45, 2.75) is 6.18 Å². The van der Waals surface area contributed by atoms with Crippen LogP contribution in [0.3, 0.4) is 0 Å². The van der Waals surface area contributed by atoms with Gasteiger partial charge in [-0.1, -0.05) is 34.8 Å². The van der Waals surface area contributed by atoms with E-state index in [1.165, 1.54) is 12.1 Å². The topological polar surface area (TPSA) is 50.2 Å². The molecule has 0 fully saturated rings. The summed E-state index contributed by atoms with van der Waals surface area (Å²) in [5.74, 6) is -1.79. The summed E-state index contributed by atoms with van der Waals surface area (Å²) in [6.07, 6.45) is -4.03. The Kier molecular flexibility index (Phi) is 4.56. The third-order valence-corrected chi connectivity index (χ3v) is 3.53. The van der Waals surface area contributed by atoms with Crippen LogP contribution in [0.1, 0.15) is 15.9 Å².